The van der Waals surface area contributed by atoms with E-state index >= 15 is 0 Å². The predicted octanol–water partition coefficient (Wildman–Crippen LogP) is 3.29. The van der Waals surface area contributed by atoms with Crippen LogP contribution in [0.1, 0.15) is 5.56 Å². The topological polar surface area (TPSA) is 41.8 Å². The minimum atomic E-state index is -0.307. The number of methoxy groups -OCH3 is 1. The highest BCUT2D eigenvalue weighted by Crippen LogP contribution is 2.22. The van der Waals surface area contributed by atoms with Gasteiger partial charge in [-0.1, -0.05) is 0 Å². The monoisotopic (exact) mass is 245 g/mol. The molecule has 0 spiro atoms. The van der Waals surface area contributed by atoms with Crippen LogP contribution in [0.3, 0.4) is 0 Å². The van der Waals surface area contributed by atoms with Gasteiger partial charge in [-0.3, -0.25) is 4.99 Å². The van der Waals surface area contributed by atoms with E-state index < -0.39 is 0 Å². The van der Waals surface area contributed by atoms with Crippen LogP contribution in [0.5, 0.6) is 11.5 Å². The van der Waals surface area contributed by atoms with E-state index in [1.54, 1.807) is 31.4 Å². The average Bonchev–Trinajstić information content (AvgIpc) is 2.40. The highest BCUT2D eigenvalue weighted by atomic mass is 19.1. The van der Waals surface area contributed by atoms with Crippen molar-refractivity contribution in [2.45, 2.75) is 0 Å². The lowest BCUT2D eigenvalue weighted by Crippen LogP contribution is -1.87. The molecule has 92 valence electrons. The molecule has 0 aliphatic heterocycles. The minimum absolute atomic E-state index is 0.113. The first-order chi connectivity index (χ1) is 8.69. The van der Waals surface area contributed by atoms with E-state index in [4.69, 9.17) is 4.74 Å². The van der Waals surface area contributed by atoms with E-state index in [9.17, 15) is 9.50 Å². The first-order valence-electron chi connectivity index (χ1n) is 5.35. The molecule has 0 amide bonds. The molecule has 0 unspecified atom stereocenters. The number of phenols is 1. The van der Waals surface area contributed by atoms with Crippen molar-refractivity contribution in [3.63, 3.8) is 0 Å². The van der Waals surface area contributed by atoms with Gasteiger partial charge < -0.3 is 9.84 Å². The number of hydrogen-bond acceptors (Lipinski definition) is 3. The van der Waals surface area contributed by atoms with Crippen molar-refractivity contribution >= 4 is 11.9 Å². The van der Waals surface area contributed by atoms with Gasteiger partial charge in [0.15, 0.2) is 0 Å². The number of hydrogen-bond donors (Lipinski definition) is 1. The van der Waals surface area contributed by atoms with Crippen LogP contribution < -0.4 is 4.74 Å². The summed E-state index contributed by atoms with van der Waals surface area (Å²) in [6.07, 6.45) is 1.51. The minimum Gasteiger partial charge on any atom is -0.507 e. The summed E-state index contributed by atoms with van der Waals surface area (Å²) in [6, 6.07) is 10.6. The van der Waals surface area contributed by atoms with Crippen molar-refractivity contribution in [1.82, 2.24) is 0 Å². The highest BCUT2D eigenvalue weighted by Gasteiger charge is 2.00. The quantitative estimate of drug-likeness (QED) is 0.843. The molecule has 2 rings (SSSR count). The molecule has 2 aromatic rings. The van der Waals surface area contributed by atoms with Crippen LogP contribution in [-0.2, 0) is 0 Å². The van der Waals surface area contributed by atoms with Crippen LogP contribution in [0, 0.1) is 5.82 Å². The SMILES string of the molecule is COc1ccc(O)c(C=Nc2ccc(F)cc2)c1. The molecule has 2 aromatic carbocycles. The normalized spacial score (nSPS) is 10.8. The third-order valence-electron chi connectivity index (χ3n) is 2.41. The zero-order valence-corrected chi connectivity index (χ0v) is 9.80. The number of benzene rings is 2. The highest BCUT2D eigenvalue weighted by molar-refractivity contribution is 5.85. The summed E-state index contributed by atoms with van der Waals surface area (Å²) >= 11 is 0. The number of phenolic OH excluding ortho intramolecular Hbond substituents is 1. The fraction of sp³-hybridized carbons (Fsp3) is 0.0714. The Morgan fingerprint density at radius 1 is 1.17 bits per heavy atom. The van der Waals surface area contributed by atoms with Crippen molar-refractivity contribution in [1.29, 1.82) is 0 Å². The first-order valence-corrected chi connectivity index (χ1v) is 5.35. The van der Waals surface area contributed by atoms with Gasteiger partial charge in [-0.05, 0) is 42.5 Å². The molecule has 3 nitrogen and oxygen atoms in total. The van der Waals surface area contributed by atoms with Crippen LogP contribution in [0.15, 0.2) is 47.5 Å². The van der Waals surface area contributed by atoms with Gasteiger partial charge >= 0.3 is 0 Å². The summed E-state index contributed by atoms with van der Waals surface area (Å²) < 4.78 is 17.8. The summed E-state index contributed by atoms with van der Waals surface area (Å²) in [6.45, 7) is 0. The first kappa shape index (κ1) is 12.1. The molecule has 18 heavy (non-hydrogen) atoms. The molecule has 0 aromatic heterocycles. The van der Waals surface area contributed by atoms with E-state index in [2.05, 4.69) is 4.99 Å². The lowest BCUT2D eigenvalue weighted by atomic mass is 10.2. The van der Waals surface area contributed by atoms with Crippen LogP contribution in [0.4, 0.5) is 10.1 Å². The Labute approximate surface area is 104 Å². The molecular formula is C14H12FNO2. The average molecular weight is 245 g/mol. The van der Waals surface area contributed by atoms with Crippen molar-refractivity contribution in [2.75, 3.05) is 7.11 Å². The maximum Gasteiger partial charge on any atom is 0.124 e. The second kappa shape index (κ2) is 5.31. The molecule has 0 aliphatic rings. The number of rotatable bonds is 3. The number of nitrogens with zero attached hydrogens (tertiary/aromatic N) is 1. The van der Waals surface area contributed by atoms with E-state index in [1.165, 1.54) is 24.4 Å². The van der Waals surface area contributed by atoms with Crippen LogP contribution in [0.25, 0.3) is 0 Å². The van der Waals surface area contributed by atoms with Gasteiger partial charge in [0.05, 0.1) is 12.8 Å². The third-order valence-corrected chi connectivity index (χ3v) is 2.41. The van der Waals surface area contributed by atoms with Crippen molar-refractivity contribution in [2.24, 2.45) is 4.99 Å². The van der Waals surface area contributed by atoms with Gasteiger partial charge in [-0.2, -0.15) is 0 Å². The zero-order valence-electron chi connectivity index (χ0n) is 9.80. The Balaban J connectivity index is 2.25. The molecule has 0 heterocycles. The second-order valence-electron chi connectivity index (χ2n) is 3.66. The Morgan fingerprint density at radius 3 is 2.56 bits per heavy atom. The van der Waals surface area contributed by atoms with Crippen molar-refractivity contribution in [3.8, 4) is 11.5 Å². The van der Waals surface area contributed by atoms with Gasteiger partial charge in [-0.15, -0.1) is 0 Å². The largest absolute Gasteiger partial charge is 0.507 e. The smallest absolute Gasteiger partial charge is 0.124 e. The lowest BCUT2D eigenvalue weighted by Gasteiger charge is -2.02. The summed E-state index contributed by atoms with van der Waals surface area (Å²) in [5.41, 5.74) is 1.15. The van der Waals surface area contributed by atoms with E-state index in [0.29, 0.717) is 17.0 Å². The Morgan fingerprint density at radius 2 is 1.89 bits per heavy atom. The maximum absolute atomic E-state index is 12.7. The van der Waals surface area contributed by atoms with Gasteiger partial charge in [0.2, 0.25) is 0 Å². The molecule has 0 atom stereocenters. The predicted molar refractivity (Wildman–Crippen MR) is 68.3 cm³/mol. The fourth-order valence-corrected chi connectivity index (χ4v) is 1.43. The molecule has 4 heteroatoms. The van der Waals surface area contributed by atoms with Gasteiger partial charge in [0.1, 0.15) is 17.3 Å². The van der Waals surface area contributed by atoms with E-state index in [1.807, 2.05) is 0 Å². The lowest BCUT2D eigenvalue weighted by molar-refractivity contribution is 0.412. The molecular weight excluding hydrogens is 233 g/mol. The molecule has 0 aliphatic carbocycles. The molecule has 1 N–H and O–H groups in total. The van der Waals surface area contributed by atoms with Crippen molar-refractivity contribution in [3.05, 3.63) is 53.8 Å². The number of halogens is 1. The molecule has 0 saturated heterocycles. The summed E-state index contributed by atoms with van der Waals surface area (Å²) in [4.78, 5) is 4.15. The molecule has 0 fully saturated rings. The Hall–Kier alpha value is -2.36. The molecule has 0 radical (unpaired) electrons. The van der Waals surface area contributed by atoms with E-state index in [-0.39, 0.29) is 11.6 Å². The van der Waals surface area contributed by atoms with Crippen LogP contribution in [0.2, 0.25) is 0 Å². The maximum atomic E-state index is 12.7. The summed E-state index contributed by atoms with van der Waals surface area (Å²) in [5, 5.41) is 9.65. The number of aromatic hydroxyl groups is 1. The zero-order chi connectivity index (χ0) is 13.0. The summed E-state index contributed by atoms with van der Waals surface area (Å²) in [5.74, 6) is 0.438. The van der Waals surface area contributed by atoms with Gasteiger partial charge in [-0.25, -0.2) is 4.39 Å². The summed E-state index contributed by atoms with van der Waals surface area (Å²) in [7, 11) is 1.55. The van der Waals surface area contributed by atoms with Crippen LogP contribution >= 0.6 is 0 Å². The standard InChI is InChI=1S/C14H12FNO2/c1-18-13-6-7-14(17)10(8-13)9-16-12-4-2-11(15)3-5-12/h2-9,17H,1H3. The van der Waals surface area contributed by atoms with Crippen molar-refractivity contribution < 1.29 is 14.2 Å². The molecule has 0 bridgehead atoms. The number of aliphatic imine (C=N–C) groups is 1. The van der Waals surface area contributed by atoms with E-state index in [0.717, 1.165) is 0 Å². The second-order valence-corrected chi connectivity index (χ2v) is 3.66. The Bertz CT molecular complexity index is 565. The Kier molecular flexibility index (Phi) is 3.57. The molecule has 0 saturated carbocycles. The van der Waals surface area contributed by atoms with Gasteiger partial charge in [0, 0.05) is 11.8 Å². The number of ether oxygens (including phenoxy) is 1. The fourth-order valence-electron chi connectivity index (χ4n) is 1.43. The van der Waals surface area contributed by atoms with Crippen LogP contribution in [-0.4, -0.2) is 18.4 Å². The van der Waals surface area contributed by atoms with Gasteiger partial charge in [0.25, 0.3) is 0 Å². The third kappa shape index (κ3) is 2.85.